The van der Waals surface area contributed by atoms with Gasteiger partial charge in [-0.1, -0.05) is 0 Å². The fraction of sp³-hybridized carbons (Fsp3) is 0.636. The maximum absolute atomic E-state index is 11.4. The Labute approximate surface area is 104 Å². The van der Waals surface area contributed by atoms with E-state index in [1.807, 2.05) is 0 Å². The maximum Gasteiger partial charge on any atom is 0.326 e. The highest BCUT2D eigenvalue weighted by atomic mass is 16.5. The number of carboxylic acids is 1. The Morgan fingerprint density at radius 3 is 2.56 bits per heavy atom. The van der Waals surface area contributed by atoms with Gasteiger partial charge in [0, 0.05) is 6.42 Å². The molecular weight excluding hydrogens is 242 g/mol. The molecule has 0 unspecified atom stereocenters. The standard InChI is InChI=1S/C11H15NO6/c1-2-18-10(15)4-3-8(11(16)17)12-6-7(13)5-9(12)14/h8H,2-6H2,1H3,(H,16,17)/t8-/m0/s1. The molecule has 7 nitrogen and oxygen atoms in total. The molecule has 0 spiro atoms. The third kappa shape index (κ3) is 3.54. The number of Topliss-reactive ketones (excluding diaryl/α,β-unsaturated/α-hetero) is 1. The van der Waals surface area contributed by atoms with Crippen LogP contribution in [-0.4, -0.2) is 52.8 Å². The summed E-state index contributed by atoms with van der Waals surface area (Å²) < 4.78 is 4.68. The number of carbonyl (C=O) groups is 4. The minimum atomic E-state index is -1.22. The monoisotopic (exact) mass is 257 g/mol. The largest absolute Gasteiger partial charge is 0.480 e. The van der Waals surface area contributed by atoms with Crippen LogP contribution < -0.4 is 0 Å². The second-order valence-corrected chi connectivity index (χ2v) is 3.93. The molecule has 7 heteroatoms. The number of hydrogen-bond donors (Lipinski definition) is 1. The summed E-state index contributed by atoms with van der Waals surface area (Å²) in [6.07, 6.45) is -0.404. The number of carboxylic acid groups (broad SMARTS) is 1. The molecule has 1 aliphatic rings. The Bertz CT molecular complexity index is 378. The zero-order chi connectivity index (χ0) is 13.7. The van der Waals surface area contributed by atoms with E-state index in [0.717, 1.165) is 4.90 Å². The van der Waals surface area contributed by atoms with Crippen molar-refractivity contribution in [3.05, 3.63) is 0 Å². The topological polar surface area (TPSA) is 101 Å². The lowest BCUT2D eigenvalue weighted by atomic mass is 10.1. The number of amides is 1. The Morgan fingerprint density at radius 2 is 2.11 bits per heavy atom. The normalized spacial score (nSPS) is 16.8. The van der Waals surface area contributed by atoms with Crippen LogP contribution >= 0.6 is 0 Å². The summed E-state index contributed by atoms with van der Waals surface area (Å²) in [4.78, 5) is 45.7. The second kappa shape index (κ2) is 6.13. The van der Waals surface area contributed by atoms with Crippen LogP contribution in [0.25, 0.3) is 0 Å². The summed E-state index contributed by atoms with van der Waals surface area (Å²) in [5.41, 5.74) is 0. The van der Waals surface area contributed by atoms with Crippen LogP contribution in [0.2, 0.25) is 0 Å². The van der Waals surface area contributed by atoms with Crippen LogP contribution in [0.15, 0.2) is 0 Å². The van der Waals surface area contributed by atoms with Crippen molar-refractivity contribution in [2.75, 3.05) is 13.2 Å². The van der Waals surface area contributed by atoms with Gasteiger partial charge < -0.3 is 14.7 Å². The molecule has 1 saturated heterocycles. The lowest BCUT2D eigenvalue weighted by Crippen LogP contribution is -2.42. The predicted molar refractivity (Wildman–Crippen MR) is 58.6 cm³/mol. The maximum atomic E-state index is 11.4. The summed E-state index contributed by atoms with van der Waals surface area (Å²) in [5, 5.41) is 9.02. The summed E-state index contributed by atoms with van der Waals surface area (Å²) in [6, 6.07) is -1.15. The molecule has 1 fully saturated rings. The predicted octanol–water partition coefficient (Wildman–Crippen LogP) is -0.416. The van der Waals surface area contributed by atoms with Crippen LogP contribution in [0, 0.1) is 0 Å². The second-order valence-electron chi connectivity index (χ2n) is 3.93. The molecule has 0 bridgehead atoms. The van der Waals surface area contributed by atoms with Crippen molar-refractivity contribution in [1.29, 1.82) is 0 Å². The van der Waals surface area contributed by atoms with Gasteiger partial charge in [0.1, 0.15) is 6.04 Å². The Kier molecular flexibility index (Phi) is 4.82. The number of rotatable bonds is 6. The highest BCUT2D eigenvalue weighted by Crippen LogP contribution is 2.15. The number of aliphatic carboxylic acids is 1. The number of esters is 1. The average molecular weight is 257 g/mol. The third-order valence-electron chi connectivity index (χ3n) is 2.60. The van der Waals surface area contributed by atoms with Gasteiger partial charge in [0.25, 0.3) is 0 Å². The molecule has 0 aliphatic carbocycles. The van der Waals surface area contributed by atoms with E-state index in [2.05, 4.69) is 4.74 Å². The van der Waals surface area contributed by atoms with E-state index in [0.29, 0.717) is 0 Å². The SMILES string of the molecule is CCOC(=O)CC[C@@H](C(=O)O)N1CC(=O)CC1=O. The van der Waals surface area contributed by atoms with Gasteiger partial charge in [0.15, 0.2) is 5.78 Å². The van der Waals surface area contributed by atoms with Gasteiger partial charge in [-0.15, -0.1) is 0 Å². The van der Waals surface area contributed by atoms with E-state index in [1.54, 1.807) is 6.92 Å². The fourth-order valence-electron chi connectivity index (χ4n) is 1.79. The number of carbonyl (C=O) groups excluding carboxylic acids is 3. The minimum Gasteiger partial charge on any atom is -0.480 e. The quantitative estimate of drug-likeness (QED) is 0.512. The van der Waals surface area contributed by atoms with E-state index in [-0.39, 0.29) is 38.2 Å². The summed E-state index contributed by atoms with van der Waals surface area (Å²) in [5.74, 6) is -2.54. The van der Waals surface area contributed by atoms with E-state index in [4.69, 9.17) is 5.11 Å². The average Bonchev–Trinajstić information content (AvgIpc) is 2.58. The number of likely N-dealkylation sites (tertiary alicyclic amines) is 1. The summed E-state index contributed by atoms with van der Waals surface area (Å²) >= 11 is 0. The van der Waals surface area contributed by atoms with Gasteiger partial charge in [0.2, 0.25) is 5.91 Å². The molecule has 100 valence electrons. The number of ketones is 1. The van der Waals surface area contributed by atoms with Crippen molar-refractivity contribution >= 4 is 23.6 Å². The molecule has 0 radical (unpaired) electrons. The van der Waals surface area contributed by atoms with Crippen molar-refractivity contribution < 1.29 is 29.0 Å². The molecule has 0 aromatic rings. The van der Waals surface area contributed by atoms with Gasteiger partial charge in [-0.25, -0.2) is 4.79 Å². The van der Waals surface area contributed by atoms with E-state index >= 15 is 0 Å². The molecule has 1 rings (SSSR count). The molecule has 0 aromatic carbocycles. The van der Waals surface area contributed by atoms with Crippen molar-refractivity contribution in [3.8, 4) is 0 Å². The lowest BCUT2D eigenvalue weighted by Gasteiger charge is -2.22. The molecule has 1 aliphatic heterocycles. The van der Waals surface area contributed by atoms with Gasteiger partial charge in [-0.2, -0.15) is 0 Å². The molecule has 1 atom stereocenters. The van der Waals surface area contributed by atoms with Crippen molar-refractivity contribution in [3.63, 3.8) is 0 Å². The zero-order valence-corrected chi connectivity index (χ0v) is 10.0. The summed E-state index contributed by atoms with van der Waals surface area (Å²) in [6.45, 7) is 1.67. The van der Waals surface area contributed by atoms with Gasteiger partial charge in [-0.3, -0.25) is 14.4 Å². The zero-order valence-electron chi connectivity index (χ0n) is 10.0. The molecule has 1 N–H and O–H groups in total. The Balaban J connectivity index is 2.61. The van der Waals surface area contributed by atoms with Crippen molar-refractivity contribution in [2.45, 2.75) is 32.2 Å². The lowest BCUT2D eigenvalue weighted by molar-refractivity contribution is -0.150. The van der Waals surface area contributed by atoms with Crippen molar-refractivity contribution in [1.82, 2.24) is 4.90 Å². The number of ether oxygens (including phenoxy) is 1. The molecule has 18 heavy (non-hydrogen) atoms. The molecule has 0 aromatic heterocycles. The van der Waals surface area contributed by atoms with Gasteiger partial charge in [-0.05, 0) is 13.3 Å². The third-order valence-corrected chi connectivity index (χ3v) is 2.60. The fourth-order valence-corrected chi connectivity index (χ4v) is 1.79. The molecule has 1 amide bonds. The number of hydrogen-bond acceptors (Lipinski definition) is 5. The highest BCUT2D eigenvalue weighted by molar-refractivity contribution is 6.06. The first-order valence-corrected chi connectivity index (χ1v) is 5.65. The molecule has 0 saturated carbocycles. The van der Waals surface area contributed by atoms with Crippen molar-refractivity contribution in [2.24, 2.45) is 0 Å². The van der Waals surface area contributed by atoms with E-state index in [1.165, 1.54) is 0 Å². The van der Waals surface area contributed by atoms with Crippen LogP contribution in [0.4, 0.5) is 0 Å². The smallest absolute Gasteiger partial charge is 0.326 e. The van der Waals surface area contributed by atoms with Gasteiger partial charge >= 0.3 is 11.9 Å². The highest BCUT2D eigenvalue weighted by Gasteiger charge is 2.36. The molecule has 1 heterocycles. The van der Waals surface area contributed by atoms with Crippen LogP contribution in [0.3, 0.4) is 0 Å². The first kappa shape index (κ1) is 14.1. The minimum absolute atomic E-state index is 0.0484. The van der Waals surface area contributed by atoms with E-state index in [9.17, 15) is 19.2 Å². The van der Waals surface area contributed by atoms with Crippen LogP contribution in [-0.2, 0) is 23.9 Å². The first-order valence-electron chi connectivity index (χ1n) is 5.65. The van der Waals surface area contributed by atoms with Crippen LogP contribution in [0.5, 0.6) is 0 Å². The van der Waals surface area contributed by atoms with Crippen LogP contribution in [0.1, 0.15) is 26.2 Å². The Morgan fingerprint density at radius 1 is 1.44 bits per heavy atom. The summed E-state index contributed by atoms with van der Waals surface area (Å²) in [7, 11) is 0. The Hall–Kier alpha value is -1.92. The van der Waals surface area contributed by atoms with E-state index < -0.39 is 23.9 Å². The first-order chi connectivity index (χ1) is 8.45. The van der Waals surface area contributed by atoms with Gasteiger partial charge in [0.05, 0.1) is 19.6 Å². The molecular formula is C11H15NO6. The number of nitrogens with zero attached hydrogens (tertiary/aromatic N) is 1.